The van der Waals surface area contributed by atoms with Crippen LogP contribution in [0.15, 0.2) is 54.6 Å². The number of ketones is 1. The Morgan fingerprint density at radius 1 is 1.18 bits per heavy atom. The largest absolute Gasteiger partial charge is 0.497 e. The molecule has 2 heterocycles. The summed E-state index contributed by atoms with van der Waals surface area (Å²) in [6, 6.07) is 16.3. The first-order chi connectivity index (χ1) is 16.4. The van der Waals surface area contributed by atoms with Gasteiger partial charge in [-0.05, 0) is 56.5 Å². The van der Waals surface area contributed by atoms with Crippen LogP contribution in [0.1, 0.15) is 32.3 Å². The van der Waals surface area contributed by atoms with Gasteiger partial charge in [-0.3, -0.25) is 4.79 Å². The SMILES string of the molecule is COc1ccc(N[C@@H]([C@@H]2OC(C)(C)OCC2=O)[C@H]2CCCN2C(=O)OCc2ccccc2)cc1. The van der Waals surface area contributed by atoms with Crippen molar-refractivity contribution in [2.75, 3.05) is 25.6 Å². The summed E-state index contributed by atoms with van der Waals surface area (Å²) >= 11 is 0. The van der Waals surface area contributed by atoms with Gasteiger partial charge < -0.3 is 29.2 Å². The minimum absolute atomic E-state index is 0.0381. The minimum atomic E-state index is -0.907. The van der Waals surface area contributed by atoms with Crippen LogP contribution in [0, 0.1) is 0 Å². The number of likely N-dealkylation sites (tertiary alicyclic amines) is 1. The first-order valence-electron chi connectivity index (χ1n) is 11.6. The first kappa shape index (κ1) is 24.0. The van der Waals surface area contributed by atoms with Gasteiger partial charge in [-0.25, -0.2) is 4.79 Å². The Labute approximate surface area is 200 Å². The van der Waals surface area contributed by atoms with Crippen LogP contribution in [0.4, 0.5) is 10.5 Å². The number of carbonyl (C=O) groups excluding carboxylic acids is 2. The average molecular weight is 469 g/mol. The average Bonchev–Trinajstić information content (AvgIpc) is 3.33. The molecule has 3 atom stereocenters. The number of amides is 1. The van der Waals surface area contributed by atoms with Crippen molar-refractivity contribution >= 4 is 17.6 Å². The molecule has 0 radical (unpaired) electrons. The number of nitrogens with one attached hydrogen (secondary N) is 1. The van der Waals surface area contributed by atoms with E-state index in [4.69, 9.17) is 18.9 Å². The van der Waals surface area contributed by atoms with E-state index in [2.05, 4.69) is 5.32 Å². The fourth-order valence-corrected chi connectivity index (χ4v) is 4.45. The monoisotopic (exact) mass is 468 g/mol. The van der Waals surface area contributed by atoms with Crippen molar-refractivity contribution in [2.45, 2.75) is 57.3 Å². The maximum Gasteiger partial charge on any atom is 0.410 e. The normalized spacial score (nSPS) is 22.8. The topological polar surface area (TPSA) is 86.3 Å². The maximum atomic E-state index is 13.1. The number of nitrogens with zero attached hydrogens (tertiary/aromatic N) is 1. The standard InChI is InChI=1S/C26H32N2O6/c1-26(2)33-17-22(29)24(34-26)23(27-19-11-13-20(31-3)14-12-19)21-10-7-15-28(21)25(30)32-16-18-8-5-4-6-9-18/h4-6,8-9,11-14,21,23-24,27H,7,10,15-17H2,1-3H3/t21-,23-,24-/m1/s1. The lowest BCUT2D eigenvalue weighted by Crippen LogP contribution is -2.59. The highest BCUT2D eigenvalue weighted by atomic mass is 16.7. The van der Waals surface area contributed by atoms with E-state index < -0.39 is 24.0 Å². The molecule has 8 heteroatoms. The van der Waals surface area contributed by atoms with Gasteiger partial charge in [0, 0.05) is 12.2 Å². The Kier molecular flexibility index (Phi) is 7.38. The summed E-state index contributed by atoms with van der Waals surface area (Å²) in [5, 5.41) is 3.46. The van der Waals surface area contributed by atoms with E-state index in [1.807, 2.05) is 54.6 Å². The lowest BCUT2D eigenvalue weighted by atomic mass is 9.95. The number of benzene rings is 2. The van der Waals surface area contributed by atoms with Gasteiger partial charge in [0.05, 0.1) is 19.2 Å². The Morgan fingerprint density at radius 2 is 1.91 bits per heavy atom. The van der Waals surface area contributed by atoms with Gasteiger partial charge in [0.15, 0.2) is 11.6 Å². The van der Waals surface area contributed by atoms with Crippen molar-refractivity contribution in [3.05, 3.63) is 60.2 Å². The molecule has 2 aliphatic rings. The van der Waals surface area contributed by atoms with Crippen molar-refractivity contribution in [3.8, 4) is 5.75 Å². The number of ether oxygens (including phenoxy) is 4. The van der Waals surface area contributed by atoms with Gasteiger partial charge in [0.2, 0.25) is 0 Å². The summed E-state index contributed by atoms with van der Waals surface area (Å²) < 4.78 is 22.5. The third-order valence-electron chi connectivity index (χ3n) is 6.19. The van der Waals surface area contributed by atoms with Crippen LogP contribution in [0.25, 0.3) is 0 Å². The third kappa shape index (κ3) is 5.69. The third-order valence-corrected chi connectivity index (χ3v) is 6.19. The summed E-state index contributed by atoms with van der Waals surface area (Å²) in [6.07, 6.45) is 0.361. The lowest BCUT2D eigenvalue weighted by Gasteiger charge is -2.42. The number of hydrogen-bond donors (Lipinski definition) is 1. The van der Waals surface area contributed by atoms with E-state index in [9.17, 15) is 9.59 Å². The van der Waals surface area contributed by atoms with Crippen molar-refractivity contribution in [1.29, 1.82) is 0 Å². The fraction of sp³-hybridized carbons (Fsp3) is 0.462. The second-order valence-electron chi connectivity index (χ2n) is 9.04. The number of rotatable bonds is 7. The summed E-state index contributed by atoms with van der Waals surface area (Å²) in [6.45, 7) is 4.29. The van der Waals surface area contributed by atoms with Crippen LogP contribution >= 0.6 is 0 Å². The van der Waals surface area contributed by atoms with E-state index in [1.54, 1.807) is 25.9 Å². The summed E-state index contributed by atoms with van der Waals surface area (Å²) in [4.78, 5) is 27.7. The Bertz CT molecular complexity index is 979. The molecule has 182 valence electrons. The molecule has 0 saturated carbocycles. The van der Waals surface area contributed by atoms with Gasteiger partial charge in [-0.1, -0.05) is 30.3 Å². The van der Waals surface area contributed by atoms with E-state index in [0.29, 0.717) is 6.54 Å². The zero-order valence-electron chi connectivity index (χ0n) is 19.9. The summed E-state index contributed by atoms with van der Waals surface area (Å²) in [7, 11) is 1.61. The molecule has 0 aliphatic carbocycles. The van der Waals surface area contributed by atoms with Crippen LogP contribution in [-0.4, -0.2) is 61.0 Å². The highest BCUT2D eigenvalue weighted by molar-refractivity contribution is 5.86. The molecule has 0 unspecified atom stereocenters. The molecule has 34 heavy (non-hydrogen) atoms. The fourth-order valence-electron chi connectivity index (χ4n) is 4.45. The molecule has 1 amide bonds. The second-order valence-corrected chi connectivity index (χ2v) is 9.04. The van der Waals surface area contributed by atoms with E-state index in [-0.39, 0.29) is 25.0 Å². The first-order valence-corrected chi connectivity index (χ1v) is 11.6. The molecule has 2 aromatic rings. The number of hydrogen-bond acceptors (Lipinski definition) is 7. The Hall–Kier alpha value is -3.10. The molecule has 2 saturated heterocycles. The highest BCUT2D eigenvalue weighted by Gasteiger charge is 2.46. The summed E-state index contributed by atoms with van der Waals surface area (Å²) in [5.41, 5.74) is 1.72. The number of Topliss-reactive ketones (excluding diaryl/α,β-unsaturated/α-hetero) is 1. The van der Waals surface area contributed by atoms with Crippen LogP contribution < -0.4 is 10.1 Å². The Balaban J connectivity index is 1.55. The molecule has 0 aromatic heterocycles. The van der Waals surface area contributed by atoms with Crippen molar-refractivity contribution in [1.82, 2.24) is 4.90 Å². The van der Waals surface area contributed by atoms with E-state index in [1.165, 1.54) is 0 Å². The quantitative estimate of drug-likeness (QED) is 0.657. The van der Waals surface area contributed by atoms with Crippen molar-refractivity contribution in [2.24, 2.45) is 0 Å². The smallest absolute Gasteiger partial charge is 0.410 e. The molecule has 1 N–H and O–H groups in total. The summed E-state index contributed by atoms with van der Waals surface area (Å²) in [5.74, 6) is -0.334. The molecule has 0 bridgehead atoms. The van der Waals surface area contributed by atoms with Crippen molar-refractivity contribution in [3.63, 3.8) is 0 Å². The predicted molar refractivity (Wildman–Crippen MR) is 127 cm³/mol. The number of carbonyl (C=O) groups is 2. The molecule has 2 fully saturated rings. The lowest BCUT2D eigenvalue weighted by molar-refractivity contribution is -0.261. The Morgan fingerprint density at radius 3 is 2.62 bits per heavy atom. The molecule has 0 spiro atoms. The van der Waals surface area contributed by atoms with Gasteiger partial charge in [0.25, 0.3) is 0 Å². The molecule has 4 rings (SSSR count). The van der Waals surface area contributed by atoms with E-state index >= 15 is 0 Å². The molecular weight excluding hydrogens is 436 g/mol. The highest BCUT2D eigenvalue weighted by Crippen LogP contribution is 2.31. The van der Waals surface area contributed by atoms with Gasteiger partial charge >= 0.3 is 6.09 Å². The molecule has 2 aliphatic heterocycles. The molecule has 2 aromatic carbocycles. The predicted octanol–water partition coefficient (Wildman–Crippen LogP) is 4.00. The van der Waals surface area contributed by atoms with Gasteiger partial charge in [-0.15, -0.1) is 0 Å². The minimum Gasteiger partial charge on any atom is -0.497 e. The van der Waals surface area contributed by atoms with E-state index in [0.717, 1.165) is 29.8 Å². The van der Waals surface area contributed by atoms with Gasteiger partial charge in [-0.2, -0.15) is 0 Å². The number of anilines is 1. The second kappa shape index (κ2) is 10.4. The zero-order valence-corrected chi connectivity index (χ0v) is 19.9. The van der Waals surface area contributed by atoms with Crippen molar-refractivity contribution < 1.29 is 28.5 Å². The maximum absolute atomic E-state index is 13.1. The van der Waals surface area contributed by atoms with Gasteiger partial charge in [0.1, 0.15) is 25.1 Å². The zero-order chi connectivity index (χ0) is 24.1. The van der Waals surface area contributed by atoms with Crippen LogP contribution in [0.2, 0.25) is 0 Å². The van der Waals surface area contributed by atoms with Crippen LogP contribution in [-0.2, 0) is 25.6 Å². The van der Waals surface area contributed by atoms with Crippen LogP contribution in [0.5, 0.6) is 5.75 Å². The molecule has 8 nitrogen and oxygen atoms in total. The van der Waals surface area contributed by atoms with Crippen LogP contribution in [0.3, 0.4) is 0 Å². The number of methoxy groups -OCH3 is 1. The molecular formula is C26H32N2O6.